The van der Waals surface area contributed by atoms with E-state index in [-0.39, 0.29) is 36.8 Å². The Labute approximate surface area is 188 Å². The summed E-state index contributed by atoms with van der Waals surface area (Å²) in [5.74, 6) is -1.99. The average molecular weight is 452 g/mol. The van der Waals surface area contributed by atoms with Crippen LogP contribution in [-0.2, 0) is 16.1 Å². The van der Waals surface area contributed by atoms with Crippen LogP contribution in [0.4, 0.5) is 10.1 Å². The third-order valence-electron chi connectivity index (χ3n) is 6.31. The number of aromatic nitrogens is 2. The van der Waals surface area contributed by atoms with Crippen molar-refractivity contribution in [2.75, 3.05) is 31.1 Å². The molecular weight excluding hydrogens is 431 g/mol. The van der Waals surface area contributed by atoms with Gasteiger partial charge in [-0.05, 0) is 18.6 Å². The van der Waals surface area contributed by atoms with Crippen LogP contribution in [0.25, 0.3) is 0 Å². The van der Waals surface area contributed by atoms with E-state index >= 15 is 0 Å². The molecule has 4 amide bonds. The fourth-order valence-electron chi connectivity index (χ4n) is 4.63. The lowest BCUT2D eigenvalue weighted by Gasteiger charge is -2.37. The third-order valence-corrected chi connectivity index (χ3v) is 6.31. The van der Waals surface area contributed by atoms with Crippen molar-refractivity contribution in [2.45, 2.75) is 25.4 Å². The normalized spacial score (nSPS) is 20.7. The Morgan fingerprint density at radius 1 is 1.06 bits per heavy atom. The Kier molecular flexibility index (Phi) is 5.23. The van der Waals surface area contributed by atoms with Gasteiger partial charge in [0.25, 0.3) is 11.8 Å². The number of fused-ring (bicyclic) bond motifs is 1. The zero-order valence-corrected chi connectivity index (χ0v) is 17.7. The molecule has 1 aromatic carbocycles. The summed E-state index contributed by atoms with van der Waals surface area (Å²) in [6, 6.07) is 1.83. The largest absolute Gasteiger partial charge is 0.368 e. The van der Waals surface area contributed by atoms with Crippen LogP contribution in [0.3, 0.4) is 0 Å². The van der Waals surface area contributed by atoms with Gasteiger partial charge in [0.2, 0.25) is 11.8 Å². The maximum Gasteiger partial charge on any atom is 0.257 e. The molecule has 2 aromatic rings. The van der Waals surface area contributed by atoms with Gasteiger partial charge in [0, 0.05) is 68.4 Å². The molecule has 0 spiro atoms. The molecule has 1 N–H and O–H groups in total. The van der Waals surface area contributed by atoms with Crippen LogP contribution in [-0.4, -0.2) is 75.6 Å². The number of imide groups is 1. The molecule has 170 valence electrons. The van der Waals surface area contributed by atoms with Gasteiger partial charge >= 0.3 is 0 Å². The third kappa shape index (κ3) is 3.79. The minimum Gasteiger partial charge on any atom is -0.368 e. The second-order valence-electron chi connectivity index (χ2n) is 8.26. The number of rotatable bonds is 3. The van der Waals surface area contributed by atoms with Crippen molar-refractivity contribution >= 4 is 29.3 Å². The molecule has 3 aliphatic heterocycles. The molecule has 0 radical (unpaired) electrons. The molecule has 5 rings (SSSR count). The molecule has 1 unspecified atom stereocenters. The molecule has 11 heteroatoms. The molecule has 3 aliphatic rings. The quantitative estimate of drug-likeness (QED) is 0.668. The van der Waals surface area contributed by atoms with Crippen molar-refractivity contribution in [1.29, 1.82) is 0 Å². The first kappa shape index (κ1) is 21.0. The summed E-state index contributed by atoms with van der Waals surface area (Å²) >= 11 is 0. The van der Waals surface area contributed by atoms with Crippen LogP contribution >= 0.6 is 0 Å². The van der Waals surface area contributed by atoms with E-state index in [4.69, 9.17) is 0 Å². The van der Waals surface area contributed by atoms with Gasteiger partial charge in [-0.15, -0.1) is 0 Å². The van der Waals surface area contributed by atoms with Crippen LogP contribution in [0.5, 0.6) is 0 Å². The number of carbonyl (C=O) groups is 4. The summed E-state index contributed by atoms with van der Waals surface area (Å²) in [5.41, 5.74) is 1.88. The summed E-state index contributed by atoms with van der Waals surface area (Å²) in [7, 11) is 0. The summed E-state index contributed by atoms with van der Waals surface area (Å²) in [5, 5.41) is 2.27. The summed E-state index contributed by atoms with van der Waals surface area (Å²) in [6.45, 7) is 1.92. The SMILES string of the molecule is O=C1CCC(N2Cc3c(cc(F)cc3N3CCN(C(=O)c4cncnc4)CC3)C2=O)C(=O)N1. The van der Waals surface area contributed by atoms with Crippen LogP contribution in [0.1, 0.15) is 39.1 Å². The maximum absolute atomic E-state index is 14.5. The first-order valence-corrected chi connectivity index (χ1v) is 10.7. The first-order valence-electron chi connectivity index (χ1n) is 10.7. The number of hydrogen-bond donors (Lipinski definition) is 1. The van der Waals surface area contributed by atoms with E-state index in [1.54, 1.807) is 4.90 Å². The number of carbonyl (C=O) groups excluding carboxylic acids is 4. The van der Waals surface area contributed by atoms with Crippen molar-refractivity contribution in [3.63, 3.8) is 0 Å². The molecule has 10 nitrogen and oxygen atoms in total. The van der Waals surface area contributed by atoms with Gasteiger partial charge < -0.3 is 14.7 Å². The van der Waals surface area contributed by atoms with Gasteiger partial charge in [0.05, 0.1) is 5.56 Å². The molecule has 0 saturated carbocycles. The highest BCUT2D eigenvalue weighted by atomic mass is 19.1. The topological polar surface area (TPSA) is 116 Å². The van der Waals surface area contributed by atoms with Crippen molar-refractivity contribution < 1.29 is 23.6 Å². The monoisotopic (exact) mass is 452 g/mol. The highest BCUT2D eigenvalue weighted by Gasteiger charge is 2.41. The van der Waals surface area contributed by atoms with E-state index in [1.165, 1.54) is 35.8 Å². The Hall–Kier alpha value is -3.89. The number of piperidine rings is 1. The lowest BCUT2D eigenvalue weighted by Crippen LogP contribution is -2.52. The number of nitrogens with one attached hydrogen (secondary N) is 1. The van der Waals surface area contributed by atoms with Crippen LogP contribution < -0.4 is 10.2 Å². The predicted octanol–water partition coefficient (Wildman–Crippen LogP) is 0.339. The van der Waals surface area contributed by atoms with Crippen LogP contribution in [0.2, 0.25) is 0 Å². The number of hydrogen-bond acceptors (Lipinski definition) is 7. The summed E-state index contributed by atoms with van der Waals surface area (Å²) in [4.78, 5) is 62.3. The first-order chi connectivity index (χ1) is 15.9. The van der Waals surface area contributed by atoms with Gasteiger partial charge in [0.15, 0.2) is 0 Å². The molecule has 4 heterocycles. The number of nitrogens with zero attached hydrogens (tertiary/aromatic N) is 5. The van der Waals surface area contributed by atoms with E-state index in [9.17, 15) is 23.6 Å². The minimum absolute atomic E-state index is 0.153. The minimum atomic E-state index is -0.763. The molecule has 2 saturated heterocycles. The van der Waals surface area contributed by atoms with Gasteiger partial charge in [0.1, 0.15) is 18.2 Å². The molecule has 33 heavy (non-hydrogen) atoms. The molecule has 2 fully saturated rings. The number of benzene rings is 1. The van der Waals surface area contributed by atoms with E-state index in [0.29, 0.717) is 43.0 Å². The highest BCUT2D eigenvalue weighted by molar-refractivity contribution is 6.06. The van der Waals surface area contributed by atoms with Gasteiger partial charge in [-0.1, -0.05) is 0 Å². The lowest BCUT2D eigenvalue weighted by atomic mass is 10.0. The number of halogens is 1. The number of anilines is 1. The number of piperazine rings is 1. The molecular formula is C22H21FN6O4. The zero-order valence-electron chi connectivity index (χ0n) is 17.7. The van der Waals surface area contributed by atoms with E-state index in [2.05, 4.69) is 15.3 Å². The Morgan fingerprint density at radius 2 is 1.79 bits per heavy atom. The Morgan fingerprint density at radius 3 is 2.48 bits per heavy atom. The highest BCUT2D eigenvalue weighted by Crippen LogP contribution is 2.35. The molecule has 0 bridgehead atoms. The van der Waals surface area contributed by atoms with Gasteiger partial charge in [-0.2, -0.15) is 0 Å². The average Bonchev–Trinajstić information content (AvgIpc) is 3.15. The Bertz CT molecular complexity index is 1150. The standard InChI is InChI=1S/C22H21FN6O4/c23-14-7-15-16(11-29(22(15)33)17-1-2-19(30)26-20(17)31)18(8-14)27-3-5-28(6-4-27)21(32)13-9-24-12-25-10-13/h7-10,12,17H,1-6,11H2,(H,26,30,31). The van der Waals surface area contributed by atoms with Crippen molar-refractivity contribution in [3.8, 4) is 0 Å². The summed E-state index contributed by atoms with van der Waals surface area (Å²) in [6.07, 6.45) is 4.69. The van der Waals surface area contributed by atoms with Crippen molar-refractivity contribution in [2.24, 2.45) is 0 Å². The van der Waals surface area contributed by atoms with Crippen molar-refractivity contribution in [3.05, 3.63) is 53.4 Å². The van der Waals surface area contributed by atoms with Crippen LogP contribution in [0, 0.1) is 5.82 Å². The second kappa shape index (κ2) is 8.23. The smallest absolute Gasteiger partial charge is 0.257 e. The van der Waals surface area contributed by atoms with Gasteiger partial charge in [-0.3, -0.25) is 24.5 Å². The molecule has 0 aliphatic carbocycles. The van der Waals surface area contributed by atoms with Crippen LogP contribution in [0.15, 0.2) is 30.9 Å². The number of amides is 4. The lowest BCUT2D eigenvalue weighted by molar-refractivity contribution is -0.136. The predicted molar refractivity (Wildman–Crippen MR) is 113 cm³/mol. The summed E-state index contributed by atoms with van der Waals surface area (Å²) < 4.78 is 14.5. The second-order valence-corrected chi connectivity index (χ2v) is 8.26. The maximum atomic E-state index is 14.5. The fourth-order valence-corrected chi connectivity index (χ4v) is 4.63. The Balaban J connectivity index is 1.34. The zero-order chi connectivity index (χ0) is 23.1. The van der Waals surface area contributed by atoms with Gasteiger partial charge in [-0.25, -0.2) is 14.4 Å². The van der Waals surface area contributed by atoms with E-state index < -0.39 is 23.7 Å². The van der Waals surface area contributed by atoms with Crippen molar-refractivity contribution in [1.82, 2.24) is 25.1 Å². The van der Waals surface area contributed by atoms with E-state index in [0.717, 1.165) is 0 Å². The molecule has 1 atom stereocenters. The van der Waals surface area contributed by atoms with E-state index in [1.807, 2.05) is 4.90 Å². The molecule has 1 aromatic heterocycles. The fraction of sp³-hybridized carbons (Fsp3) is 0.364.